The maximum atomic E-state index is 11.5. The summed E-state index contributed by atoms with van der Waals surface area (Å²) in [6.07, 6.45) is 1.50. The fourth-order valence-electron chi connectivity index (χ4n) is 1.45. The minimum Gasteiger partial charge on any atom is -0.465 e. The van der Waals surface area contributed by atoms with Crippen LogP contribution in [0.2, 0.25) is 10.0 Å². The first-order valence-corrected chi connectivity index (χ1v) is 5.21. The predicted molar refractivity (Wildman–Crippen MR) is 63.1 cm³/mol. The number of halogens is 2. The zero-order valence-corrected chi connectivity index (χ0v) is 9.84. The lowest BCUT2D eigenvalue weighted by atomic mass is 10.1. The molecule has 1 aromatic heterocycles. The first kappa shape index (κ1) is 11.2. The Morgan fingerprint density at radius 3 is 2.75 bits per heavy atom. The van der Waals surface area contributed by atoms with Gasteiger partial charge in [0.2, 0.25) is 0 Å². The number of nitrogens with zero attached hydrogens (tertiary/aromatic N) is 1. The van der Waals surface area contributed by atoms with Gasteiger partial charge in [0.1, 0.15) is 0 Å². The summed E-state index contributed by atoms with van der Waals surface area (Å²) in [6, 6.07) is 4.90. The summed E-state index contributed by atoms with van der Waals surface area (Å²) < 4.78 is 4.67. The number of methoxy groups -OCH3 is 1. The van der Waals surface area contributed by atoms with Gasteiger partial charge in [-0.1, -0.05) is 29.3 Å². The van der Waals surface area contributed by atoms with Crippen molar-refractivity contribution in [2.45, 2.75) is 0 Å². The molecule has 0 fully saturated rings. The van der Waals surface area contributed by atoms with Crippen LogP contribution in [0.15, 0.2) is 24.4 Å². The minimum atomic E-state index is -0.425. The summed E-state index contributed by atoms with van der Waals surface area (Å²) >= 11 is 11.9. The number of benzene rings is 1. The van der Waals surface area contributed by atoms with E-state index in [1.165, 1.54) is 13.3 Å². The molecule has 0 bridgehead atoms. The quantitative estimate of drug-likeness (QED) is 0.734. The van der Waals surface area contributed by atoms with Crippen LogP contribution in [0.5, 0.6) is 0 Å². The number of ether oxygens (including phenoxy) is 1. The number of esters is 1. The lowest BCUT2D eigenvalue weighted by molar-refractivity contribution is 0.0603. The van der Waals surface area contributed by atoms with Crippen LogP contribution < -0.4 is 0 Å². The van der Waals surface area contributed by atoms with Crippen LogP contribution in [0.25, 0.3) is 10.9 Å². The maximum Gasteiger partial charge on any atom is 0.338 e. The number of carbonyl (C=O) groups excluding carboxylic acids is 1. The molecule has 0 atom stereocenters. The first-order chi connectivity index (χ1) is 7.65. The van der Waals surface area contributed by atoms with E-state index in [-0.39, 0.29) is 0 Å². The van der Waals surface area contributed by atoms with Crippen LogP contribution in [0.3, 0.4) is 0 Å². The second-order valence-corrected chi connectivity index (χ2v) is 3.89. The molecular formula is C11H7Cl2NO2. The molecule has 0 aliphatic heterocycles. The third kappa shape index (κ3) is 1.72. The van der Waals surface area contributed by atoms with Crippen molar-refractivity contribution in [3.05, 3.63) is 40.0 Å². The van der Waals surface area contributed by atoms with E-state index in [1.54, 1.807) is 18.2 Å². The number of fused-ring (bicyclic) bond motifs is 1. The molecule has 1 heterocycles. The number of aromatic nitrogens is 1. The Kier molecular flexibility index (Phi) is 2.99. The number of hydrogen-bond acceptors (Lipinski definition) is 3. The molecule has 0 amide bonds. The summed E-state index contributed by atoms with van der Waals surface area (Å²) in [5.41, 5.74) is 0.920. The van der Waals surface area contributed by atoms with E-state index in [4.69, 9.17) is 23.2 Å². The van der Waals surface area contributed by atoms with Crippen LogP contribution in [-0.4, -0.2) is 18.1 Å². The highest BCUT2D eigenvalue weighted by Crippen LogP contribution is 2.30. The molecule has 5 heteroatoms. The number of rotatable bonds is 1. The Bertz CT molecular complexity index is 569. The SMILES string of the molecule is COC(=O)c1ccnc2c(Cl)c(Cl)ccc12. The second kappa shape index (κ2) is 4.28. The van der Waals surface area contributed by atoms with Crippen molar-refractivity contribution >= 4 is 40.1 Å². The zero-order chi connectivity index (χ0) is 11.7. The van der Waals surface area contributed by atoms with Gasteiger partial charge >= 0.3 is 5.97 Å². The molecular weight excluding hydrogens is 249 g/mol. The summed E-state index contributed by atoms with van der Waals surface area (Å²) in [4.78, 5) is 15.6. The Morgan fingerprint density at radius 2 is 2.06 bits per heavy atom. The zero-order valence-electron chi connectivity index (χ0n) is 8.33. The predicted octanol–water partition coefficient (Wildman–Crippen LogP) is 3.33. The van der Waals surface area contributed by atoms with E-state index in [0.29, 0.717) is 26.5 Å². The van der Waals surface area contributed by atoms with Crippen molar-refractivity contribution in [1.29, 1.82) is 0 Å². The Morgan fingerprint density at radius 1 is 1.31 bits per heavy atom. The van der Waals surface area contributed by atoms with Crippen LogP contribution in [0.4, 0.5) is 0 Å². The molecule has 0 saturated carbocycles. The number of hydrogen-bond donors (Lipinski definition) is 0. The molecule has 0 saturated heterocycles. The van der Waals surface area contributed by atoms with Gasteiger partial charge in [0.25, 0.3) is 0 Å². The Labute approximate surface area is 102 Å². The van der Waals surface area contributed by atoms with Crippen molar-refractivity contribution < 1.29 is 9.53 Å². The van der Waals surface area contributed by atoms with E-state index < -0.39 is 5.97 Å². The summed E-state index contributed by atoms with van der Waals surface area (Å²) in [6.45, 7) is 0. The van der Waals surface area contributed by atoms with E-state index in [0.717, 1.165) is 0 Å². The molecule has 0 unspecified atom stereocenters. The average molecular weight is 256 g/mol. The van der Waals surface area contributed by atoms with Gasteiger partial charge in [-0.25, -0.2) is 4.79 Å². The molecule has 0 radical (unpaired) electrons. The third-order valence-corrected chi connectivity index (χ3v) is 3.00. The van der Waals surface area contributed by atoms with Gasteiger partial charge in [-0.3, -0.25) is 4.98 Å². The van der Waals surface area contributed by atoms with Crippen LogP contribution >= 0.6 is 23.2 Å². The molecule has 2 aromatic rings. The highest BCUT2D eigenvalue weighted by molar-refractivity contribution is 6.45. The van der Waals surface area contributed by atoms with Crippen LogP contribution in [0.1, 0.15) is 10.4 Å². The van der Waals surface area contributed by atoms with Crippen molar-refractivity contribution in [2.24, 2.45) is 0 Å². The monoisotopic (exact) mass is 255 g/mol. The van der Waals surface area contributed by atoms with Gasteiger partial charge in [0.05, 0.1) is 28.2 Å². The molecule has 0 aliphatic carbocycles. The van der Waals surface area contributed by atoms with Crippen molar-refractivity contribution in [1.82, 2.24) is 4.98 Å². The maximum absolute atomic E-state index is 11.5. The Balaban J connectivity index is 2.79. The standard InChI is InChI=1S/C11H7Cl2NO2/c1-16-11(15)7-4-5-14-10-6(7)2-3-8(12)9(10)13/h2-5H,1H3. The van der Waals surface area contributed by atoms with Gasteiger partial charge < -0.3 is 4.74 Å². The van der Waals surface area contributed by atoms with Crippen molar-refractivity contribution in [3.8, 4) is 0 Å². The van der Waals surface area contributed by atoms with Gasteiger partial charge in [-0.15, -0.1) is 0 Å². The van der Waals surface area contributed by atoms with E-state index in [9.17, 15) is 4.79 Å². The van der Waals surface area contributed by atoms with Crippen LogP contribution in [-0.2, 0) is 4.74 Å². The fraction of sp³-hybridized carbons (Fsp3) is 0.0909. The molecule has 0 spiro atoms. The van der Waals surface area contributed by atoms with Gasteiger partial charge in [0.15, 0.2) is 0 Å². The number of pyridine rings is 1. The molecule has 0 aliphatic rings. The molecule has 2 rings (SSSR count). The number of carbonyl (C=O) groups is 1. The third-order valence-electron chi connectivity index (χ3n) is 2.21. The molecule has 3 nitrogen and oxygen atoms in total. The topological polar surface area (TPSA) is 39.2 Å². The lowest BCUT2D eigenvalue weighted by Crippen LogP contribution is -2.02. The van der Waals surface area contributed by atoms with E-state index in [2.05, 4.69) is 9.72 Å². The van der Waals surface area contributed by atoms with E-state index >= 15 is 0 Å². The van der Waals surface area contributed by atoms with Gasteiger partial charge in [-0.2, -0.15) is 0 Å². The second-order valence-electron chi connectivity index (χ2n) is 3.11. The van der Waals surface area contributed by atoms with Gasteiger partial charge in [0, 0.05) is 11.6 Å². The minimum absolute atomic E-state index is 0.338. The highest BCUT2D eigenvalue weighted by Gasteiger charge is 2.13. The summed E-state index contributed by atoms with van der Waals surface area (Å²) in [5.74, 6) is -0.425. The molecule has 1 aromatic carbocycles. The summed E-state index contributed by atoms with van der Waals surface area (Å²) in [7, 11) is 1.33. The molecule has 16 heavy (non-hydrogen) atoms. The molecule has 82 valence electrons. The molecule has 0 N–H and O–H groups in total. The highest BCUT2D eigenvalue weighted by atomic mass is 35.5. The normalized spacial score (nSPS) is 10.4. The average Bonchev–Trinajstić information content (AvgIpc) is 2.32. The van der Waals surface area contributed by atoms with E-state index in [1.807, 2.05) is 0 Å². The smallest absolute Gasteiger partial charge is 0.338 e. The Hall–Kier alpha value is -1.32. The van der Waals surface area contributed by atoms with Crippen LogP contribution in [0, 0.1) is 0 Å². The summed E-state index contributed by atoms with van der Waals surface area (Å²) in [5, 5.41) is 1.37. The van der Waals surface area contributed by atoms with Crippen molar-refractivity contribution in [3.63, 3.8) is 0 Å². The lowest BCUT2D eigenvalue weighted by Gasteiger charge is -2.05. The van der Waals surface area contributed by atoms with Gasteiger partial charge in [-0.05, 0) is 12.1 Å². The fourth-order valence-corrected chi connectivity index (χ4v) is 1.81. The largest absolute Gasteiger partial charge is 0.465 e. The first-order valence-electron chi connectivity index (χ1n) is 4.46. The van der Waals surface area contributed by atoms with Crippen molar-refractivity contribution in [2.75, 3.05) is 7.11 Å².